The van der Waals surface area contributed by atoms with E-state index in [1.54, 1.807) is 11.8 Å². The number of carbonyl (C=O) groups excluding carboxylic acids is 1. The van der Waals surface area contributed by atoms with Gasteiger partial charge in [0.2, 0.25) is 5.91 Å². The molecule has 1 amide bonds. The van der Waals surface area contributed by atoms with Gasteiger partial charge < -0.3 is 10.0 Å². The molecule has 2 rings (SSSR count). The molecule has 1 atom stereocenters. The summed E-state index contributed by atoms with van der Waals surface area (Å²) in [6.45, 7) is 3.33. The Bertz CT molecular complexity index is 498. The third-order valence-electron chi connectivity index (χ3n) is 4.08. The van der Waals surface area contributed by atoms with Crippen LogP contribution in [0.3, 0.4) is 0 Å². The zero-order chi connectivity index (χ0) is 15.9. The van der Waals surface area contributed by atoms with Crippen molar-refractivity contribution in [2.45, 2.75) is 37.2 Å². The standard InChI is InChI=1S/C17H23NO3S/c1-13(22-12-15-5-3-2-4-6-15)17(21)18-9-7-14(8-10-18)11-16(19)20/h2-6,13-14H,7-12H2,1H3,(H,19,20). The summed E-state index contributed by atoms with van der Waals surface area (Å²) in [7, 11) is 0. The number of hydrogen-bond acceptors (Lipinski definition) is 3. The van der Waals surface area contributed by atoms with Crippen LogP contribution in [-0.2, 0) is 15.3 Å². The molecule has 1 unspecified atom stereocenters. The highest BCUT2D eigenvalue weighted by atomic mass is 32.2. The van der Waals surface area contributed by atoms with Crippen molar-refractivity contribution in [3.8, 4) is 0 Å². The molecule has 22 heavy (non-hydrogen) atoms. The van der Waals surface area contributed by atoms with E-state index >= 15 is 0 Å². The first-order valence-electron chi connectivity index (χ1n) is 7.72. The molecule has 0 radical (unpaired) electrons. The lowest BCUT2D eigenvalue weighted by atomic mass is 9.93. The van der Waals surface area contributed by atoms with Crippen molar-refractivity contribution in [3.63, 3.8) is 0 Å². The van der Waals surface area contributed by atoms with Gasteiger partial charge in [-0.25, -0.2) is 0 Å². The number of rotatable bonds is 6. The first-order chi connectivity index (χ1) is 10.6. The molecule has 1 aromatic carbocycles. The van der Waals surface area contributed by atoms with Crippen LogP contribution < -0.4 is 0 Å². The van der Waals surface area contributed by atoms with Crippen LogP contribution in [0, 0.1) is 5.92 Å². The van der Waals surface area contributed by atoms with E-state index in [2.05, 4.69) is 12.1 Å². The molecule has 120 valence electrons. The second-order valence-corrected chi connectivity index (χ2v) is 7.13. The fourth-order valence-electron chi connectivity index (χ4n) is 2.73. The number of amides is 1. The van der Waals surface area contributed by atoms with Crippen LogP contribution in [0.25, 0.3) is 0 Å². The van der Waals surface area contributed by atoms with E-state index in [1.807, 2.05) is 30.0 Å². The summed E-state index contributed by atoms with van der Waals surface area (Å²) in [4.78, 5) is 25.1. The molecule has 0 saturated carbocycles. The molecular weight excluding hydrogens is 298 g/mol. The van der Waals surface area contributed by atoms with Crippen LogP contribution in [0.2, 0.25) is 0 Å². The summed E-state index contributed by atoms with van der Waals surface area (Å²) in [5, 5.41) is 8.76. The molecule has 1 aromatic rings. The first kappa shape index (κ1) is 16.9. The van der Waals surface area contributed by atoms with Gasteiger partial charge in [0.25, 0.3) is 0 Å². The van der Waals surface area contributed by atoms with E-state index in [0.29, 0.717) is 13.1 Å². The van der Waals surface area contributed by atoms with Crippen molar-refractivity contribution >= 4 is 23.6 Å². The van der Waals surface area contributed by atoms with Gasteiger partial charge in [-0.3, -0.25) is 9.59 Å². The predicted molar refractivity (Wildman–Crippen MR) is 88.8 cm³/mol. The number of piperidine rings is 1. The van der Waals surface area contributed by atoms with Crippen molar-refractivity contribution < 1.29 is 14.7 Å². The van der Waals surface area contributed by atoms with Crippen LogP contribution >= 0.6 is 11.8 Å². The molecule has 0 bridgehead atoms. The highest BCUT2D eigenvalue weighted by Crippen LogP contribution is 2.24. The van der Waals surface area contributed by atoms with Gasteiger partial charge >= 0.3 is 5.97 Å². The fraction of sp³-hybridized carbons (Fsp3) is 0.529. The van der Waals surface area contributed by atoms with Gasteiger partial charge in [0, 0.05) is 25.3 Å². The van der Waals surface area contributed by atoms with Crippen LogP contribution in [0.15, 0.2) is 30.3 Å². The maximum Gasteiger partial charge on any atom is 0.303 e. The lowest BCUT2D eigenvalue weighted by Crippen LogP contribution is -2.42. The fourth-order valence-corrected chi connectivity index (χ4v) is 3.65. The average molecular weight is 321 g/mol. The molecule has 0 aromatic heterocycles. The minimum atomic E-state index is -0.739. The molecular formula is C17H23NO3S. The molecule has 4 nitrogen and oxygen atoms in total. The average Bonchev–Trinajstić information content (AvgIpc) is 2.53. The highest BCUT2D eigenvalue weighted by molar-refractivity contribution is 7.99. The Morgan fingerprint density at radius 2 is 1.91 bits per heavy atom. The van der Waals surface area contributed by atoms with E-state index in [0.717, 1.165) is 18.6 Å². The van der Waals surface area contributed by atoms with E-state index in [9.17, 15) is 9.59 Å². The van der Waals surface area contributed by atoms with Gasteiger partial charge in [-0.2, -0.15) is 0 Å². The minimum absolute atomic E-state index is 0.0590. The van der Waals surface area contributed by atoms with Crippen molar-refractivity contribution in [1.29, 1.82) is 0 Å². The van der Waals surface area contributed by atoms with Crippen LogP contribution in [0.1, 0.15) is 31.7 Å². The van der Waals surface area contributed by atoms with Gasteiger partial charge in [-0.15, -0.1) is 11.8 Å². The molecule has 5 heteroatoms. The van der Waals surface area contributed by atoms with Gasteiger partial charge in [-0.1, -0.05) is 30.3 Å². The van der Waals surface area contributed by atoms with E-state index in [1.165, 1.54) is 5.56 Å². The molecule has 1 aliphatic rings. The summed E-state index contributed by atoms with van der Waals surface area (Å²) < 4.78 is 0. The summed E-state index contributed by atoms with van der Waals surface area (Å²) in [6.07, 6.45) is 1.82. The van der Waals surface area contributed by atoms with Gasteiger partial charge in [0.15, 0.2) is 0 Å². The number of hydrogen-bond donors (Lipinski definition) is 1. The predicted octanol–water partition coefficient (Wildman–Crippen LogP) is 3.02. The Kier molecular flexibility index (Phi) is 6.31. The molecule has 1 heterocycles. The molecule has 0 spiro atoms. The largest absolute Gasteiger partial charge is 0.481 e. The molecule has 1 saturated heterocycles. The van der Waals surface area contributed by atoms with Crippen molar-refractivity contribution in [2.24, 2.45) is 5.92 Å². The summed E-state index contributed by atoms with van der Waals surface area (Å²) in [5.41, 5.74) is 1.23. The normalized spacial score (nSPS) is 17.2. The Labute approximate surface area is 135 Å². The van der Waals surface area contributed by atoms with E-state index in [-0.39, 0.29) is 23.5 Å². The minimum Gasteiger partial charge on any atom is -0.481 e. The zero-order valence-corrected chi connectivity index (χ0v) is 13.7. The first-order valence-corrected chi connectivity index (χ1v) is 8.77. The number of thioether (sulfide) groups is 1. The number of carboxylic acids is 1. The van der Waals surface area contributed by atoms with Crippen molar-refractivity contribution in [2.75, 3.05) is 13.1 Å². The van der Waals surface area contributed by atoms with Crippen molar-refractivity contribution in [1.82, 2.24) is 4.90 Å². The third-order valence-corrected chi connectivity index (χ3v) is 5.28. The van der Waals surface area contributed by atoms with Gasteiger partial charge in [0.1, 0.15) is 0 Å². The zero-order valence-electron chi connectivity index (χ0n) is 12.9. The van der Waals surface area contributed by atoms with Crippen LogP contribution in [-0.4, -0.2) is 40.2 Å². The number of benzene rings is 1. The van der Waals surface area contributed by atoms with Gasteiger partial charge in [0.05, 0.1) is 5.25 Å². The smallest absolute Gasteiger partial charge is 0.303 e. The number of carboxylic acid groups (broad SMARTS) is 1. The van der Waals surface area contributed by atoms with Gasteiger partial charge in [-0.05, 0) is 31.2 Å². The second-order valence-electron chi connectivity index (χ2n) is 5.81. The van der Waals surface area contributed by atoms with E-state index < -0.39 is 5.97 Å². The van der Waals surface area contributed by atoms with Crippen LogP contribution in [0.4, 0.5) is 0 Å². The highest BCUT2D eigenvalue weighted by Gasteiger charge is 2.27. The summed E-state index contributed by atoms with van der Waals surface area (Å²) in [6, 6.07) is 10.2. The quantitative estimate of drug-likeness (QED) is 0.875. The lowest BCUT2D eigenvalue weighted by molar-refractivity contribution is -0.138. The topological polar surface area (TPSA) is 57.6 Å². The second kappa shape index (κ2) is 8.22. The maximum absolute atomic E-state index is 12.4. The molecule has 0 aliphatic carbocycles. The molecule has 1 N–H and O–H groups in total. The Balaban J connectivity index is 1.76. The Hall–Kier alpha value is -1.49. The summed E-state index contributed by atoms with van der Waals surface area (Å²) in [5.74, 6) is 0.489. The maximum atomic E-state index is 12.4. The molecule has 1 aliphatic heterocycles. The monoisotopic (exact) mass is 321 g/mol. The number of aliphatic carboxylic acids is 1. The number of carbonyl (C=O) groups is 2. The number of nitrogens with zero attached hydrogens (tertiary/aromatic N) is 1. The third kappa shape index (κ3) is 5.05. The Morgan fingerprint density at radius 1 is 1.27 bits per heavy atom. The van der Waals surface area contributed by atoms with Crippen LogP contribution in [0.5, 0.6) is 0 Å². The van der Waals surface area contributed by atoms with E-state index in [4.69, 9.17) is 5.11 Å². The Morgan fingerprint density at radius 3 is 2.50 bits per heavy atom. The SMILES string of the molecule is CC(SCc1ccccc1)C(=O)N1CCC(CC(=O)O)CC1. The van der Waals surface area contributed by atoms with Crippen molar-refractivity contribution in [3.05, 3.63) is 35.9 Å². The number of likely N-dealkylation sites (tertiary alicyclic amines) is 1. The molecule has 1 fully saturated rings. The summed E-state index contributed by atoms with van der Waals surface area (Å²) >= 11 is 1.66. The lowest BCUT2D eigenvalue weighted by Gasteiger charge is -2.33.